The first kappa shape index (κ1) is 34.6. The summed E-state index contributed by atoms with van der Waals surface area (Å²) in [6.07, 6.45) is 4.38. The lowest BCUT2D eigenvalue weighted by molar-refractivity contribution is -0.119. The Morgan fingerprint density at radius 1 is 1.04 bits per heavy atom. The molecule has 0 spiro atoms. The molecule has 13 heteroatoms. The van der Waals surface area contributed by atoms with Crippen molar-refractivity contribution in [3.63, 3.8) is 0 Å². The number of rotatable bonds is 10. The van der Waals surface area contributed by atoms with Crippen molar-refractivity contribution in [2.24, 2.45) is 0 Å². The van der Waals surface area contributed by atoms with E-state index in [0.717, 1.165) is 6.29 Å². The van der Waals surface area contributed by atoms with Crippen molar-refractivity contribution < 1.29 is 28.6 Å². The van der Waals surface area contributed by atoms with E-state index in [1.54, 1.807) is 57.4 Å². The number of aromatic nitrogens is 3. The van der Waals surface area contributed by atoms with Gasteiger partial charge in [0.05, 0.1) is 54.0 Å². The molecule has 5 rings (SSSR count). The summed E-state index contributed by atoms with van der Waals surface area (Å²) in [5.74, 6) is 0.555. The molecule has 2 amide bonds. The molecule has 1 aliphatic heterocycles. The van der Waals surface area contributed by atoms with E-state index in [4.69, 9.17) is 42.4 Å². The van der Waals surface area contributed by atoms with E-state index in [1.165, 1.54) is 19.1 Å². The first-order chi connectivity index (χ1) is 22.9. The highest BCUT2D eigenvalue weighted by Crippen LogP contribution is 2.42. The largest absolute Gasteiger partial charge is 0.496 e. The third kappa shape index (κ3) is 7.69. The van der Waals surface area contributed by atoms with E-state index in [9.17, 15) is 14.4 Å². The minimum atomic E-state index is -0.720. The molecule has 1 N–H and O–H groups in total. The summed E-state index contributed by atoms with van der Waals surface area (Å²) < 4.78 is 16.6. The summed E-state index contributed by atoms with van der Waals surface area (Å²) in [7, 11) is 2.96. The second kappa shape index (κ2) is 14.6. The van der Waals surface area contributed by atoms with Crippen molar-refractivity contribution in [2.45, 2.75) is 51.8 Å². The van der Waals surface area contributed by atoms with Crippen molar-refractivity contribution in [1.82, 2.24) is 25.2 Å². The summed E-state index contributed by atoms with van der Waals surface area (Å²) in [5.41, 5.74) is 3.54. The molecule has 1 atom stereocenters. The van der Waals surface area contributed by atoms with E-state index in [2.05, 4.69) is 15.3 Å². The average molecular weight is 693 g/mol. The molecule has 0 unspecified atom stereocenters. The van der Waals surface area contributed by atoms with Crippen LogP contribution in [0.2, 0.25) is 10.0 Å². The lowest BCUT2D eigenvalue weighted by atomic mass is 9.99. The summed E-state index contributed by atoms with van der Waals surface area (Å²) in [6.45, 7) is 5.65. The second-order valence-electron chi connectivity index (χ2n) is 12.1. The van der Waals surface area contributed by atoms with Gasteiger partial charge in [-0.2, -0.15) is 0 Å². The van der Waals surface area contributed by atoms with Crippen LogP contribution in [0.1, 0.15) is 49.7 Å². The molecular formula is C35H35Cl2N5O6. The SMILES string of the molecule is COc1cc(-c2nccc(-c3cccc(-c4cnc(CN(C[C@@H]5CCC(=O)N5)C(=O)OC(C)(C)C)c(OC)n4)c3Cl)c2Cl)ccc1C=O. The Balaban J connectivity index is 1.47. The van der Waals surface area contributed by atoms with E-state index in [-0.39, 0.29) is 30.9 Å². The molecule has 3 heterocycles. The van der Waals surface area contributed by atoms with Crippen LogP contribution in [0.5, 0.6) is 11.6 Å². The third-order valence-corrected chi connectivity index (χ3v) is 8.40. The zero-order valence-corrected chi connectivity index (χ0v) is 28.7. The first-order valence-electron chi connectivity index (χ1n) is 15.2. The Hall–Kier alpha value is -4.74. The number of nitrogens with one attached hydrogen (secondary N) is 1. The molecule has 1 saturated heterocycles. The highest BCUT2D eigenvalue weighted by atomic mass is 35.5. The number of halogens is 2. The normalized spacial score (nSPS) is 14.3. The van der Waals surface area contributed by atoms with Gasteiger partial charge in [-0.05, 0) is 45.4 Å². The highest BCUT2D eigenvalue weighted by molar-refractivity contribution is 6.39. The van der Waals surface area contributed by atoms with Gasteiger partial charge < -0.3 is 24.4 Å². The maximum Gasteiger partial charge on any atom is 0.410 e. The quantitative estimate of drug-likeness (QED) is 0.174. The van der Waals surface area contributed by atoms with Gasteiger partial charge in [0, 0.05) is 47.5 Å². The van der Waals surface area contributed by atoms with E-state index < -0.39 is 11.7 Å². The van der Waals surface area contributed by atoms with Gasteiger partial charge in [0.2, 0.25) is 11.8 Å². The van der Waals surface area contributed by atoms with Gasteiger partial charge in [0.1, 0.15) is 17.0 Å². The second-order valence-corrected chi connectivity index (χ2v) is 12.9. The van der Waals surface area contributed by atoms with Crippen molar-refractivity contribution >= 4 is 41.5 Å². The fraction of sp³-hybridized carbons (Fsp3) is 0.314. The van der Waals surface area contributed by atoms with Crippen LogP contribution in [0, 0.1) is 0 Å². The zero-order valence-electron chi connectivity index (χ0n) is 27.2. The lowest BCUT2D eigenvalue weighted by Gasteiger charge is -2.29. The van der Waals surface area contributed by atoms with E-state index in [0.29, 0.717) is 73.5 Å². The minimum absolute atomic E-state index is 0.0412. The van der Waals surface area contributed by atoms with Crippen LogP contribution in [0.25, 0.3) is 33.6 Å². The predicted octanol–water partition coefficient (Wildman–Crippen LogP) is 7.02. The van der Waals surface area contributed by atoms with Crippen molar-refractivity contribution in [1.29, 1.82) is 0 Å². The molecule has 0 aliphatic carbocycles. The molecule has 48 heavy (non-hydrogen) atoms. The summed E-state index contributed by atoms with van der Waals surface area (Å²) in [4.78, 5) is 51.7. The Kier molecular flexibility index (Phi) is 10.5. The molecule has 2 aromatic carbocycles. The fourth-order valence-electron chi connectivity index (χ4n) is 5.34. The van der Waals surface area contributed by atoms with Gasteiger partial charge in [0.25, 0.3) is 0 Å². The number of hydrogen-bond acceptors (Lipinski definition) is 9. The van der Waals surface area contributed by atoms with Crippen LogP contribution in [-0.4, -0.2) is 70.5 Å². The molecule has 0 bridgehead atoms. The molecule has 0 saturated carbocycles. The minimum Gasteiger partial charge on any atom is -0.496 e. The Bertz CT molecular complexity index is 1860. The monoisotopic (exact) mass is 691 g/mol. The molecule has 0 radical (unpaired) electrons. The molecule has 2 aromatic heterocycles. The maximum absolute atomic E-state index is 13.2. The van der Waals surface area contributed by atoms with Gasteiger partial charge in [-0.15, -0.1) is 0 Å². The number of benzene rings is 2. The summed E-state index contributed by atoms with van der Waals surface area (Å²) >= 11 is 13.9. The van der Waals surface area contributed by atoms with Gasteiger partial charge >= 0.3 is 6.09 Å². The van der Waals surface area contributed by atoms with Crippen molar-refractivity contribution in [3.8, 4) is 45.3 Å². The highest BCUT2D eigenvalue weighted by Gasteiger charge is 2.30. The summed E-state index contributed by atoms with van der Waals surface area (Å²) in [5, 5.41) is 3.63. The molecule has 1 aliphatic rings. The van der Waals surface area contributed by atoms with Gasteiger partial charge in [0.15, 0.2) is 6.29 Å². The molecule has 1 fully saturated rings. The van der Waals surface area contributed by atoms with Crippen LogP contribution < -0.4 is 14.8 Å². The topological polar surface area (TPSA) is 133 Å². The Labute approximate surface area is 288 Å². The molecule has 11 nitrogen and oxygen atoms in total. The predicted molar refractivity (Wildman–Crippen MR) is 182 cm³/mol. The Morgan fingerprint density at radius 2 is 1.79 bits per heavy atom. The first-order valence-corrected chi connectivity index (χ1v) is 15.9. The Morgan fingerprint density at radius 3 is 2.46 bits per heavy atom. The number of aldehydes is 1. The van der Waals surface area contributed by atoms with E-state index in [1.807, 2.05) is 18.2 Å². The van der Waals surface area contributed by atoms with Gasteiger partial charge in [-0.1, -0.05) is 47.5 Å². The third-order valence-electron chi connectivity index (χ3n) is 7.61. The van der Waals surface area contributed by atoms with Gasteiger partial charge in [-0.3, -0.25) is 19.6 Å². The maximum atomic E-state index is 13.2. The number of carbonyl (C=O) groups excluding carboxylic acids is 3. The molecule has 4 aromatic rings. The average Bonchev–Trinajstić information content (AvgIpc) is 3.48. The number of carbonyl (C=O) groups is 3. The number of pyridine rings is 1. The van der Waals surface area contributed by atoms with Crippen molar-refractivity contribution in [3.05, 3.63) is 76.2 Å². The number of amides is 2. The van der Waals surface area contributed by atoms with Gasteiger partial charge in [-0.25, -0.2) is 9.78 Å². The van der Waals surface area contributed by atoms with Crippen LogP contribution in [0.15, 0.2) is 54.9 Å². The molecule has 250 valence electrons. The molecular weight excluding hydrogens is 657 g/mol. The number of ether oxygens (including phenoxy) is 3. The van der Waals surface area contributed by atoms with Crippen LogP contribution in [0.3, 0.4) is 0 Å². The lowest BCUT2D eigenvalue weighted by Crippen LogP contribution is -2.44. The standard InChI is InChI=1S/C35H35Cl2N5O6/c1-35(2,3)48-34(45)42(17-22-11-12-29(44)40-22)18-27-33(47-5)41-26(16-39-27)25-8-6-7-23(30(25)36)24-13-14-38-32(31(24)37)20-9-10-21(19-43)28(15-20)46-4/h6-10,13-16,19,22H,11-12,17-18H2,1-5H3,(H,40,44)/t22-/m0/s1. The smallest absolute Gasteiger partial charge is 0.410 e. The number of hydrogen-bond donors (Lipinski definition) is 1. The van der Waals surface area contributed by atoms with Crippen LogP contribution in [-0.2, 0) is 16.1 Å². The van der Waals surface area contributed by atoms with E-state index >= 15 is 0 Å². The van der Waals surface area contributed by atoms with Crippen molar-refractivity contribution in [2.75, 3.05) is 20.8 Å². The fourth-order valence-corrected chi connectivity index (χ4v) is 5.98. The number of nitrogens with zero attached hydrogens (tertiary/aromatic N) is 4. The van der Waals surface area contributed by atoms with Crippen LogP contribution in [0.4, 0.5) is 4.79 Å². The van der Waals surface area contributed by atoms with Crippen LogP contribution >= 0.6 is 23.2 Å². The zero-order chi connectivity index (χ0) is 34.6. The summed E-state index contributed by atoms with van der Waals surface area (Å²) in [6, 6.07) is 12.1. The number of methoxy groups -OCH3 is 2.